The van der Waals surface area contributed by atoms with E-state index in [0.717, 1.165) is 13.0 Å². The molecule has 0 saturated carbocycles. The Kier molecular flexibility index (Phi) is 3.87. The molecule has 1 atom stereocenters. The monoisotopic (exact) mass is 264 g/mol. The van der Waals surface area contributed by atoms with Crippen molar-refractivity contribution in [1.82, 2.24) is 15.3 Å². The number of aromatic amines is 1. The minimum atomic E-state index is -0.128. The van der Waals surface area contributed by atoms with Crippen LogP contribution in [-0.4, -0.2) is 35.0 Å². The third-order valence-corrected chi connectivity index (χ3v) is 3.21. The van der Waals surface area contributed by atoms with Gasteiger partial charge < -0.3 is 15.2 Å². The number of nitrogens with one attached hydrogen (secondary N) is 2. The summed E-state index contributed by atoms with van der Waals surface area (Å²) in [5.41, 5.74) is -0.128. The first-order valence-corrected chi connectivity index (χ1v) is 6.59. The van der Waals surface area contributed by atoms with Gasteiger partial charge in [-0.2, -0.15) is 0 Å². The molecule has 104 valence electrons. The van der Waals surface area contributed by atoms with Crippen LogP contribution < -0.4 is 15.8 Å². The Hall–Kier alpha value is -1.85. The van der Waals surface area contributed by atoms with Crippen molar-refractivity contribution in [2.45, 2.75) is 39.2 Å². The van der Waals surface area contributed by atoms with Crippen molar-refractivity contribution in [3.05, 3.63) is 22.2 Å². The number of H-pyrrole nitrogens is 1. The van der Waals surface area contributed by atoms with E-state index in [0.29, 0.717) is 18.2 Å². The van der Waals surface area contributed by atoms with Gasteiger partial charge in [-0.3, -0.25) is 9.59 Å². The maximum atomic E-state index is 11.6. The zero-order valence-corrected chi connectivity index (χ0v) is 11.6. The van der Waals surface area contributed by atoms with Gasteiger partial charge >= 0.3 is 0 Å². The van der Waals surface area contributed by atoms with E-state index in [-0.39, 0.29) is 23.4 Å². The Morgan fingerprint density at radius 1 is 1.58 bits per heavy atom. The molecule has 6 heteroatoms. The predicted molar refractivity (Wildman–Crippen MR) is 73.4 cm³/mol. The smallest absolute Gasteiger partial charge is 0.252 e. The summed E-state index contributed by atoms with van der Waals surface area (Å²) >= 11 is 0. The van der Waals surface area contributed by atoms with E-state index in [1.165, 1.54) is 13.0 Å². The topological polar surface area (TPSA) is 78.1 Å². The molecule has 0 aliphatic carbocycles. The van der Waals surface area contributed by atoms with Crippen molar-refractivity contribution < 1.29 is 4.79 Å². The first-order chi connectivity index (χ1) is 8.95. The summed E-state index contributed by atoms with van der Waals surface area (Å²) in [5.74, 6) is 1.56. The third kappa shape index (κ3) is 3.33. The van der Waals surface area contributed by atoms with Gasteiger partial charge in [0.15, 0.2) is 0 Å². The van der Waals surface area contributed by atoms with Crippen molar-refractivity contribution in [1.29, 1.82) is 0 Å². The van der Waals surface area contributed by atoms with Crippen LogP contribution in [0.3, 0.4) is 0 Å². The van der Waals surface area contributed by atoms with Crippen LogP contribution in [-0.2, 0) is 4.79 Å². The largest absolute Gasteiger partial charge is 0.354 e. The van der Waals surface area contributed by atoms with Crippen molar-refractivity contribution >= 4 is 11.7 Å². The first kappa shape index (κ1) is 13.6. The summed E-state index contributed by atoms with van der Waals surface area (Å²) in [6.07, 6.45) is 0.880. The molecule has 0 radical (unpaired) electrons. The Morgan fingerprint density at radius 2 is 2.32 bits per heavy atom. The maximum absolute atomic E-state index is 11.6. The third-order valence-electron chi connectivity index (χ3n) is 3.21. The Balaban J connectivity index is 2.15. The number of rotatable bonds is 3. The van der Waals surface area contributed by atoms with Gasteiger partial charge in [0.25, 0.3) is 5.56 Å². The lowest BCUT2D eigenvalue weighted by Gasteiger charge is -2.18. The molecule has 1 fully saturated rings. The maximum Gasteiger partial charge on any atom is 0.252 e. The highest BCUT2D eigenvalue weighted by Crippen LogP contribution is 2.18. The second-order valence-corrected chi connectivity index (χ2v) is 5.28. The van der Waals surface area contributed by atoms with Crippen molar-refractivity contribution in [2.75, 3.05) is 18.0 Å². The zero-order valence-electron chi connectivity index (χ0n) is 11.6. The average Bonchev–Trinajstić information content (AvgIpc) is 2.75. The van der Waals surface area contributed by atoms with E-state index in [1.807, 2.05) is 18.7 Å². The molecule has 1 saturated heterocycles. The van der Waals surface area contributed by atoms with Crippen molar-refractivity contribution in [3.63, 3.8) is 0 Å². The van der Waals surface area contributed by atoms with Crippen LogP contribution in [0.4, 0.5) is 5.82 Å². The Bertz CT molecular complexity index is 524. The quantitative estimate of drug-likeness (QED) is 0.838. The van der Waals surface area contributed by atoms with Gasteiger partial charge in [-0.1, -0.05) is 13.8 Å². The molecule has 1 amide bonds. The molecule has 1 aliphatic heterocycles. The highest BCUT2D eigenvalue weighted by molar-refractivity contribution is 5.73. The summed E-state index contributed by atoms with van der Waals surface area (Å²) in [4.78, 5) is 32.0. The van der Waals surface area contributed by atoms with E-state index in [9.17, 15) is 9.59 Å². The standard InChI is InChI=1S/C13H20N4O2/c1-8(2)13-15-11(6-12(19)16-13)17-5-4-10(7-17)14-9(3)18/h6,8,10H,4-5,7H2,1-3H3,(H,14,18)(H,15,16,19). The number of amides is 1. The molecule has 0 bridgehead atoms. The molecule has 0 spiro atoms. The molecule has 2 rings (SSSR count). The zero-order chi connectivity index (χ0) is 14.0. The molecule has 1 aromatic heterocycles. The van der Waals surface area contributed by atoms with Gasteiger partial charge in [0, 0.05) is 38.0 Å². The fourth-order valence-electron chi connectivity index (χ4n) is 2.27. The van der Waals surface area contributed by atoms with Crippen LogP contribution in [0.15, 0.2) is 10.9 Å². The molecular formula is C13H20N4O2. The molecule has 1 aromatic rings. The summed E-state index contributed by atoms with van der Waals surface area (Å²) in [7, 11) is 0. The number of hydrogen-bond donors (Lipinski definition) is 2. The van der Waals surface area contributed by atoms with Gasteiger partial charge in [0.1, 0.15) is 11.6 Å². The second kappa shape index (κ2) is 5.42. The predicted octanol–water partition coefficient (Wildman–Crippen LogP) is 0.608. The van der Waals surface area contributed by atoms with E-state index < -0.39 is 0 Å². The van der Waals surface area contributed by atoms with Crippen molar-refractivity contribution in [2.24, 2.45) is 0 Å². The van der Waals surface area contributed by atoms with Crippen molar-refractivity contribution in [3.8, 4) is 0 Å². The second-order valence-electron chi connectivity index (χ2n) is 5.28. The van der Waals surface area contributed by atoms with E-state index in [1.54, 1.807) is 0 Å². The van der Waals surface area contributed by atoms with Gasteiger partial charge in [0.2, 0.25) is 5.91 Å². The molecule has 2 N–H and O–H groups in total. The number of aromatic nitrogens is 2. The van der Waals surface area contributed by atoms with E-state index in [2.05, 4.69) is 15.3 Å². The Labute approximate surface area is 112 Å². The van der Waals surface area contributed by atoms with Gasteiger partial charge in [0.05, 0.1) is 0 Å². The van der Waals surface area contributed by atoms with Gasteiger partial charge in [-0.05, 0) is 6.42 Å². The highest BCUT2D eigenvalue weighted by Gasteiger charge is 2.24. The van der Waals surface area contributed by atoms with Crippen LogP contribution in [0.5, 0.6) is 0 Å². The summed E-state index contributed by atoms with van der Waals surface area (Å²) in [6.45, 7) is 7.01. The normalized spacial score (nSPS) is 18.9. The van der Waals surface area contributed by atoms with Crippen LogP contribution in [0, 0.1) is 0 Å². The lowest BCUT2D eigenvalue weighted by Crippen LogP contribution is -2.36. The molecule has 19 heavy (non-hydrogen) atoms. The fourth-order valence-corrected chi connectivity index (χ4v) is 2.27. The van der Waals surface area contributed by atoms with Crippen LogP contribution in [0.25, 0.3) is 0 Å². The minimum absolute atomic E-state index is 0.0198. The lowest BCUT2D eigenvalue weighted by molar-refractivity contribution is -0.119. The van der Waals surface area contributed by atoms with Crippen LogP contribution in [0.1, 0.15) is 38.9 Å². The molecular weight excluding hydrogens is 244 g/mol. The number of hydrogen-bond acceptors (Lipinski definition) is 4. The van der Waals surface area contributed by atoms with Gasteiger partial charge in [-0.15, -0.1) is 0 Å². The lowest BCUT2D eigenvalue weighted by atomic mass is 10.2. The molecule has 2 heterocycles. The number of carbonyl (C=O) groups is 1. The fraction of sp³-hybridized carbons (Fsp3) is 0.615. The summed E-state index contributed by atoms with van der Waals surface area (Å²) in [6, 6.07) is 1.66. The molecule has 6 nitrogen and oxygen atoms in total. The SMILES string of the molecule is CC(=O)NC1CCN(c2cc(=O)[nH]c(C(C)C)n2)C1. The van der Waals surface area contributed by atoms with E-state index in [4.69, 9.17) is 0 Å². The molecule has 1 aliphatic rings. The number of carbonyl (C=O) groups excluding carboxylic acids is 1. The first-order valence-electron chi connectivity index (χ1n) is 6.59. The molecule has 1 unspecified atom stereocenters. The minimum Gasteiger partial charge on any atom is -0.354 e. The van der Waals surface area contributed by atoms with Crippen LogP contribution in [0.2, 0.25) is 0 Å². The summed E-state index contributed by atoms with van der Waals surface area (Å²) < 4.78 is 0. The number of nitrogens with zero attached hydrogens (tertiary/aromatic N) is 2. The van der Waals surface area contributed by atoms with E-state index >= 15 is 0 Å². The molecule has 0 aromatic carbocycles. The summed E-state index contributed by atoms with van der Waals surface area (Å²) in [5, 5.41) is 2.90. The highest BCUT2D eigenvalue weighted by atomic mass is 16.1. The Morgan fingerprint density at radius 3 is 2.95 bits per heavy atom. The van der Waals surface area contributed by atoms with Crippen LogP contribution >= 0.6 is 0 Å². The van der Waals surface area contributed by atoms with Gasteiger partial charge in [-0.25, -0.2) is 4.98 Å². The average molecular weight is 264 g/mol. The number of anilines is 1.